The first-order valence-corrected chi connectivity index (χ1v) is 11.8. The molecule has 0 saturated carbocycles. The molecule has 0 radical (unpaired) electrons. The van der Waals surface area contributed by atoms with Crippen molar-refractivity contribution in [2.45, 2.75) is 53.9 Å². The van der Waals surface area contributed by atoms with Crippen LogP contribution in [0.1, 0.15) is 80.3 Å². The van der Waals surface area contributed by atoms with Gasteiger partial charge in [-0.25, -0.2) is 0 Å². The normalized spacial score (nSPS) is 13.0. The molecular weight excluding hydrogens is 516 g/mol. The van der Waals surface area contributed by atoms with Crippen molar-refractivity contribution in [3.63, 3.8) is 0 Å². The van der Waals surface area contributed by atoms with Gasteiger partial charge in [-0.15, -0.1) is 0 Å². The Morgan fingerprint density at radius 2 is 1.35 bits per heavy atom. The number of carbonyl (C=O) groups is 2. The minimum Gasteiger partial charge on any atom is -0.289 e. The van der Waals surface area contributed by atoms with Crippen molar-refractivity contribution in [3.8, 4) is 0 Å². The van der Waals surface area contributed by atoms with Gasteiger partial charge in [0.25, 0.3) is 0 Å². The summed E-state index contributed by atoms with van der Waals surface area (Å²) in [6.07, 6.45) is 5.29. The molecule has 2 aromatic carbocycles. The summed E-state index contributed by atoms with van der Waals surface area (Å²) in [7, 11) is 0. The molecule has 0 amide bonds. The van der Waals surface area contributed by atoms with E-state index in [0.29, 0.717) is 25.6 Å². The average Bonchev–Trinajstić information content (AvgIpc) is 2.67. The van der Waals surface area contributed by atoms with E-state index in [2.05, 4.69) is 80.3 Å². The Balaban J connectivity index is 2.29. The van der Waals surface area contributed by atoms with Gasteiger partial charge in [-0.1, -0.05) is 115 Å². The van der Waals surface area contributed by atoms with Crippen LogP contribution < -0.4 is 0 Å². The molecule has 0 unspecified atom stereocenters. The predicted octanol–water partition coefficient (Wildman–Crippen LogP) is 8.47. The van der Waals surface area contributed by atoms with Gasteiger partial charge in [0.15, 0.2) is 11.6 Å². The Morgan fingerprint density at radius 3 is 1.87 bits per heavy atom. The fraction of sp³-hybridized carbons (Fsp3) is 0.333. The molecule has 0 fully saturated rings. The molecule has 0 spiro atoms. The van der Waals surface area contributed by atoms with Crippen LogP contribution in [0.2, 0.25) is 0 Å². The van der Waals surface area contributed by atoms with Crippen molar-refractivity contribution >= 4 is 43.4 Å². The second kappa shape index (κ2) is 9.79. The van der Waals surface area contributed by atoms with Crippen LogP contribution in [-0.2, 0) is 5.41 Å². The predicted molar refractivity (Wildman–Crippen MR) is 137 cm³/mol. The molecule has 164 valence electrons. The van der Waals surface area contributed by atoms with Gasteiger partial charge in [0, 0.05) is 25.6 Å². The van der Waals surface area contributed by atoms with Crippen LogP contribution in [0.3, 0.4) is 0 Å². The first-order valence-electron chi connectivity index (χ1n) is 10.3. The molecule has 0 N–H and O–H groups in total. The molecule has 31 heavy (non-hydrogen) atoms. The molecule has 0 atom stereocenters. The van der Waals surface area contributed by atoms with Gasteiger partial charge < -0.3 is 0 Å². The Morgan fingerprint density at radius 1 is 0.839 bits per heavy atom. The van der Waals surface area contributed by atoms with Crippen LogP contribution in [-0.4, -0.2) is 11.6 Å². The minimum atomic E-state index is -0.126. The maximum Gasteiger partial charge on any atom is 0.194 e. The highest BCUT2D eigenvalue weighted by atomic mass is 79.9. The maximum atomic E-state index is 13.0. The second-order valence-corrected chi connectivity index (χ2v) is 11.5. The number of benzene rings is 2. The zero-order valence-electron chi connectivity index (χ0n) is 19.3. The summed E-state index contributed by atoms with van der Waals surface area (Å²) >= 11 is 6.95. The fourth-order valence-corrected chi connectivity index (χ4v) is 3.87. The molecule has 0 saturated heterocycles. The zero-order chi connectivity index (χ0) is 23.6. The van der Waals surface area contributed by atoms with Crippen LogP contribution in [0.5, 0.6) is 0 Å². The van der Waals surface area contributed by atoms with E-state index in [0.717, 1.165) is 0 Å². The van der Waals surface area contributed by atoms with Crippen LogP contribution in [0.25, 0.3) is 0 Å². The van der Waals surface area contributed by atoms with Crippen molar-refractivity contribution in [2.75, 3.05) is 0 Å². The van der Waals surface area contributed by atoms with Crippen LogP contribution >= 0.6 is 31.9 Å². The van der Waals surface area contributed by atoms with Gasteiger partial charge in [0.1, 0.15) is 0 Å². The Kier molecular flexibility index (Phi) is 8.04. The Labute approximate surface area is 203 Å². The molecule has 0 aliphatic carbocycles. The Hall–Kier alpha value is -1.78. The van der Waals surface area contributed by atoms with E-state index in [-0.39, 0.29) is 22.4 Å². The summed E-state index contributed by atoms with van der Waals surface area (Å²) in [6.45, 7) is 14.9. The highest BCUT2D eigenvalue weighted by Gasteiger charge is 2.19. The molecule has 0 heterocycles. The van der Waals surface area contributed by atoms with Crippen molar-refractivity contribution in [1.29, 1.82) is 0 Å². The third kappa shape index (κ3) is 6.60. The second-order valence-electron chi connectivity index (χ2n) is 9.79. The summed E-state index contributed by atoms with van der Waals surface area (Å²) in [4.78, 5) is 25.7. The van der Waals surface area contributed by atoms with E-state index >= 15 is 0 Å². The first-order chi connectivity index (χ1) is 14.2. The molecule has 0 aliphatic rings. The summed E-state index contributed by atoms with van der Waals surface area (Å²) in [5.74, 6) is -0.217. The van der Waals surface area contributed by atoms with E-state index in [4.69, 9.17) is 0 Å². The third-order valence-corrected chi connectivity index (χ3v) is 6.67. The van der Waals surface area contributed by atoms with Crippen molar-refractivity contribution < 1.29 is 9.59 Å². The van der Waals surface area contributed by atoms with Crippen molar-refractivity contribution in [1.82, 2.24) is 0 Å². The van der Waals surface area contributed by atoms with E-state index in [1.165, 1.54) is 11.1 Å². The standard InChI is InChI=1S/C27H30Br2O2/c1-17(26(2,3)4)9-8-10-24(30)20-15-23(29)21(16-22(20)28)25(31)18-11-13-19(14-12-18)27(5,6)7/h8-16H,1-7H3. The molecule has 2 aromatic rings. The molecule has 0 bridgehead atoms. The number of allylic oxidation sites excluding steroid dienone is 4. The number of hydrogen-bond acceptors (Lipinski definition) is 2. The summed E-state index contributed by atoms with van der Waals surface area (Å²) < 4.78 is 1.19. The van der Waals surface area contributed by atoms with Gasteiger partial charge in [0.05, 0.1) is 0 Å². The summed E-state index contributed by atoms with van der Waals surface area (Å²) in [5, 5.41) is 0. The zero-order valence-corrected chi connectivity index (χ0v) is 22.4. The summed E-state index contributed by atoms with van der Waals surface area (Å²) in [6, 6.07) is 11.1. The van der Waals surface area contributed by atoms with E-state index in [1.807, 2.05) is 30.3 Å². The highest BCUT2D eigenvalue weighted by molar-refractivity contribution is 9.11. The van der Waals surface area contributed by atoms with Gasteiger partial charge in [-0.3, -0.25) is 9.59 Å². The highest BCUT2D eigenvalue weighted by Crippen LogP contribution is 2.30. The largest absolute Gasteiger partial charge is 0.289 e. The molecule has 0 aliphatic heterocycles. The Bertz CT molecular complexity index is 1040. The third-order valence-electron chi connectivity index (χ3n) is 5.36. The molecule has 2 nitrogen and oxygen atoms in total. The molecule has 2 rings (SSSR count). The lowest BCUT2D eigenvalue weighted by atomic mass is 9.86. The van der Waals surface area contributed by atoms with E-state index in [1.54, 1.807) is 24.3 Å². The maximum absolute atomic E-state index is 13.0. The van der Waals surface area contributed by atoms with E-state index in [9.17, 15) is 9.59 Å². The molecule has 4 heteroatoms. The lowest BCUT2D eigenvalue weighted by Crippen LogP contribution is -2.11. The SMILES string of the molecule is CC(=CC=CC(=O)c1cc(Br)c(C(=O)c2ccc(C(C)(C)C)cc2)cc1Br)C(C)(C)C. The monoisotopic (exact) mass is 544 g/mol. The van der Waals surface area contributed by atoms with Gasteiger partial charge in [0.2, 0.25) is 0 Å². The lowest BCUT2D eigenvalue weighted by molar-refractivity contribution is 0.103. The van der Waals surface area contributed by atoms with Gasteiger partial charge >= 0.3 is 0 Å². The smallest absolute Gasteiger partial charge is 0.194 e. The number of ketones is 2. The van der Waals surface area contributed by atoms with Gasteiger partial charge in [-0.05, 0) is 41.5 Å². The molecular formula is C27H30Br2O2. The minimum absolute atomic E-state index is 0.0291. The lowest BCUT2D eigenvalue weighted by Gasteiger charge is -2.19. The number of halogens is 2. The van der Waals surface area contributed by atoms with Crippen LogP contribution in [0, 0.1) is 5.41 Å². The fourth-order valence-electron chi connectivity index (χ4n) is 2.81. The first kappa shape index (κ1) is 25.5. The van der Waals surface area contributed by atoms with Crippen molar-refractivity contribution in [3.05, 3.63) is 91.4 Å². The average molecular weight is 546 g/mol. The quantitative estimate of drug-likeness (QED) is 0.214. The molecule has 0 aromatic heterocycles. The number of rotatable bonds is 5. The van der Waals surface area contributed by atoms with Gasteiger partial charge in [-0.2, -0.15) is 0 Å². The van der Waals surface area contributed by atoms with E-state index < -0.39 is 0 Å². The summed E-state index contributed by atoms with van der Waals surface area (Å²) in [5.41, 5.74) is 4.08. The van der Waals surface area contributed by atoms with Crippen molar-refractivity contribution in [2.24, 2.45) is 5.41 Å². The number of hydrogen-bond donors (Lipinski definition) is 0. The van der Waals surface area contributed by atoms with Crippen LogP contribution in [0.15, 0.2) is 69.1 Å². The topological polar surface area (TPSA) is 34.1 Å². The number of carbonyl (C=O) groups excluding carboxylic acids is 2. The van der Waals surface area contributed by atoms with Crippen LogP contribution in [0.4, 0.5) is 0 Å².